The molecular formula is C24H35N5O5S. The van der Waals surface area contributed by atoms with Crippen molar-refractivity contribution in [2.45, 2.75) is 31.1 Å². The third-order valence-electron chi connectivity index (χ3n) is 6.77. The summed E-state index contributed by atoms with van der Waals surface area (Å²) >= 11 is 0. The molecule has 0 spiro atoms. The number of aryl methyl sites for hydroxylation is 1. The second-order valence-corrected chi connectivity index (χ2v) is 11.9. The van der Waals surface area contributed by atoms with E-state index in [1.165, 1.54) is 4.31 Å². The zero-order valence-corrected chi connectivity index (χ0v) is 21.4. The second-order valence-electron chi connectivity index (χ2n) is 9.73. The van der Waals surface area contributed by atoms with Crippen LogP contribution in [0.5, 0.6) is 0 Å². The number of carbonyl (C=O) groups is 2. The van der Waals surface area contributed by atoms with Gasteiger partial charge < -0.3 is 25.3 Å². The molecule has 0 saturated carbocycles. The highest BCUT2D eigenvalue weighted by atomic mass is 32.2. The van der Waals surface area contributed by atoms with Crippen LogP contribution in [0.15, 0.2) is 24.3 Å². The van der Waals surface area contributed by atoms with Gasteiger partial charge in [0.05, 0.1) is 17.2 Å². The van der Waals surface area contributed by atoms with Crippen LogP contribution >= 0.6 is 0 Å². The van der Waals surface area contributed by atoms with Crippen LogP contribution in [0.2, 0.25) is 0 Å². The molecule has 2 saturated heterocycles. The van der Waals surface area contributed by atoms with E-state index < -0.39 is 27.2 Å². The highest BCUT2D eigenvalue weighted by Crippen LogP contribution is 2.27. The first-order chi connectivity index (χ1) is 16.6. The minimum absolute atomic E-state index is 0.0460. The van der Waals surface area contributed by atoms with Gasteiger partial charge in [-0.25, -0.2) is 8.42 Å². The lowest BCUT2D eigenvalue weighted by Gasteiger charge is -2.27. The number of sulfonamides is 1. The van der Waals surface area contributed by atoms with Crippen LogP contribution in [0, 0.1) is 12.8 Å². The number of rotatable bonds is 8. The fraction of sp³-hybridized carbons (Fsp3) is 0.583. The number of benzene rings is 1. The Balaban J connectivity index is 1.52. The number of nitrogens with zero attached hydrogens (tertiary/aromatic N) is 2. The van der Waals surface area contributed by atoms with E-state index in [-0.39, 0.29) is 24.9 Å². The third-order valence-corrected chi connectivity index (χ3v) is 9.10. The van der Waals surface area contributed by atoms with E-state index in [0.717, 1.165) is 16.5 Å². The van der Waals surface area contributed by atoms with Crippen LogP contribution in [0.1, 0.15) is 28.9 Å². The van der Waals surface area contributed by atoms with Gasteiger partial charge in [-0.2, -0.15) is 4.31 Å². The Morgan fingerprint density at radius 2 is 1.91 bits per heavy atom. The van der Waals surface area contributed by atoms with E-state index in [9.17, 15) is 18.0 Å². The molecule has 0 radical (unpaired) electrons. The number of nitrogens with one attached hydrogen (secondary N) is 3. The van der Waals surface area contributed by atoms with Crippen molar-refractivity contribution < 1.29 is 22.7 Å². The van der Waals surface area contributed by atoms with Gasteiger partial charge in [0.25, 0.3) is 5.91 Å². The van der Waals surface area contributed by atoms with E-state index in [1.807, 2.05) is 44.1 Å². The van der Waals surface area contributed by atoms with Crippen molar-refractivity contribution in [1.82, 2.24) is 24.8 Å². The summed E-state index contributed by atoms with van der Waals surface area (Å²) in [5.74, 6) is -1.29. The van der Waals surface area contributed by atoms with Crippen LogP contribution in [0.4, 0.5) is 0 Å². The maximum absolute atomic E-state index is 13.3. The maximum atomic E-state index is 13.3. The fourth-order valence-electron chi connectivity index (χ4n) is 4.73. The fourth-order valence-corrected chi connectivity index (χ4v) is 6.67. The topological polar surface area (TPSA) is 124 Å². The summed E-state index contributed by atoms with van der Waals surface area (Å²) in [6, 6.07) is 7.01. The van der Waals surface area contributed by atoms with Crippen molar-refractivity contribution >= 4 is 32.7 Å². The minimum Gasteiger partial charge on any atom is -0.381 e. The van der Waals surface area contributed by atoms with E-state index >= 15 is 0 Å². The van der Waals surface area contributed by atoms with Crippen molar-refractivity contribution in [2.75, 3.05) is 53.5 Å². The van der Waals surface area contributed by atoms with Crippen LogP contribution in [-0.4, -0.2) is 99.2 Å². The number of amides is 2. The molecule has 1 aromatic heterocycles. The van der Waals surface area contributed by atoms with E-state index in [0.29, 0.717) is 44.8 Å². The van der Waals surface area contributed by atoms with Gasteiger partial charge in [-0.3, -0.25) is 9.59 Å². The molecule has 11 heteroatoms. The smallest absolute Gasteiger partial charge is 0.268 e. The Morgan fingerprint density at radius 1 is 1.17 bits per heavy atom. The molecule has 35 heavy (non-hydrogen) atoms. The van der Waals surface area contributed by atoms with E-state index in [2.05, 4.69) is 15.6 Å². The molecule has 4 rings (SSSR count). The largest absolute Gasteiger partial charge is 0.381 e. The SMILES string of the molecule is Cc1ccc2[nH]c(C(=O)N[C@H]3CN(S(=O)(=O)C4CCOCC4)C[C@@H]3C(=O)NCCN(C)C)cc2c1. The van der Waals surface area contributed by atoms with Crippen molar-refractivity contribution in [2.24, 2.45) is 5.92 Å². The zero-order valence-electron chi connectivity index (χ0n) is 20.5. The number of H-pyrrole nitrogens is 1. The van der Waals surface area contributed by atoms with Crippen molar-refractivity contribution in [3.8, 4) is 0 Å². The summed E-state index contributed by atoms with van der Waals surface area (Å²) in [7, 11) is 0.208. The molecule has 0 bridgehead atoms. The van der Waals surface area contributed by atoms with Gasteiger partial charge in [0, 0.05) is 50.3 Å². The highest BCUT2D eigenvalue weighted by molar-refractivity contribution is 7.89. The standard InChI is InChI=1S/C24H35N5O5S/c1-16-4-5-20-17(12-16)13-21(26-20)24(31)27-22-15-29(35(32,33)18-6-10-34-11-7-18)14-19(22)23(30)25-8-9-28(2)3/h4-5,12-13,18-19,22,26H,6-11,14-15H2,1-3H3,(H,25,30)(H,27,31)/t19-,22-/m0/s1. The normalized spacial score (nSPS) is 22.1. The zero-order chi connectivity index (χ0) is 25.2. The number of fused-ring (bicyclic) bond motifs is 1. The third kappa shape index (κ3) is 5.85. The summed E-state index contributed by atoms with van der Waals surface area (Å²) in [6.07, 6.45) is 0.869. The molecule has 10 nitrogen and oxygen atoms in total. The molecular weight excluding hydrogens is 470 g/mol. The number of hydrogen-bond donors (Lipinski definition) is 3. The Kier molecular flexibility index (Phi) is 7.80. The van der Waals surface area contributed by atoms with Crippen LogP contribution < -0.4 is 10.6 Å². The van der Waals surface area contributed by atoms with E-state index in [1.54, 1.807) is 6.07 Å². The van der Waals surface area contributed by atoms with Gasteiger partial charge in [0.2, 0.25) is 15.9 Å². The van der Waals surface area contributed by atoms with Gasteiger partial charge in [0.1, 0.15) is 5.69 Å². The van der Waals surface area contributed by atoms with Gasteiger partial charge >= 0.3 is 0 Å². The van der Waals surface area contributed by atoms with Crippen molar-refractivity contribution in [1.29, 1.82) is 0 Å². The molecule has 2 aliphatic rings. The summed E-state index contributed by atoms with van der Waals surface area (Å²) in [5.41, 5.74) is 2.31. The van der Waals surface area contributed by atoms with Gasteiger partial charge in [0.15, 0.2) is 0 Å². The predicted octanol–water partition coefficient (Wildman–Crippen LogP) is 0.693. The summed E-state index contributed by atoms with van der Waals surface area (Å²) in [5, 5.41) is 6.22. The molecule has 1 aromatic carbocycles. The Hall–Kier alpha value is -2.47. The highest BCUT2D eigenvalue weighted by Gasteiger charge is 2.45. The summed E-state index contributed by atoms with van der Waals surface area (Å²) in [6.45, 7) is 4.02. The van der Waals surface area contributed by atoms with Crippen molar-refractivity contribution in [3.05, 3.63) is 35.5 Å². The number of aromatic amines is 1. The predicted molar refractivity (Wildman–Crippen MR) is 134 cm³/mol. The first-order valence-electron chi connectivity index (χ1n) is 12.0. The van der Waals surface area contributed by atoms with Crippen LogP contribution in [0.3, 0.4) is 0 Å². The van der Waals surface area contributed by atoms with Crippen LogP contribution in [0.25, 0.3) is 10.9 Å². The number of aromatic nitrogens is 1. The molecule has 0 aliphatic carbocycles. The lowest BCUT2D eigenvalue weighted by molar-refractivity contribution is -0.125. The monoisotopic (exact) mass is 505 g/mol. The average Bonchev–Trinajstić information content (AvgIpc) is 3.44. The molecule has 2 atom stereocenters. The number of hydrogen-bond acceptors (Lipinski definition) is 6. The van der Waals surface area contributed by atoms with Gasteiger partial charge in [-0.05, 0) is 52.1 Å². The first kappa shape index (κ1) is 25.6. The lowest BCUT2D eigenvalue weighted by atomic mass is 10.0. The summed E-state index contributed by atoms with van der Waals surface area (Å²) < 4.78 is 33.3. The molecule has 2 amide bonds. The number of likely N-dealkylation sites (N-methyl/N-ethyl adjacent to an activating group) is 1. The molecule has 2 aromatic rings. The van der Waals surface area contributed by atoms with Gasteiger partial charge in [-0.15, -0.1) is 0 Å². The molecule has 2 aliphatic heterocycles. The molecule has 192 valence electrons. The molecule has 0 unspecified atom stereocenters. The molecule has 3 heterocycles. The minimum atomic E-state index is -3.61. The van der Waals surface area contributed by atoms with Crippen LogP contribution in [-0.2, 0) is 19.6 Å². The first-order valence-corrected chi connectivity index (χ1v) is 13.5. The quantitative estimate of drug-likeness (QED) is 0.485. The van der Waals surface area contributed by atoms with E-state index in [4.69, 9.17) is 4.74 Å². The van der Waals surface area contributed by atoms with Crippen molar-refractivity contribution in [3.63, 3.8) is 0 Å². The lowest BCUT2D eigenvalue weighted by Crippen LogP contribution is -2.47. The number of carbonyl (C=O) groups excluding carboxylic acids is 2. The Bertz CT molecular complexity index is 1170. The average molecular weight is 506 g/mol. The Morgan fingerprint density at radius 3 is 2.63 bits per heavy atom. The molecule has 3 N–H and O–H groups in total. The molecule has 2 fully saturated rings. The van der Waals surface area contributed by atoms with Gasteiger partial charge in [-0.1, -0.05) is 11.6 Å². The summed E-state index contributed by atoms with van der Waals surface area (Å²) in [4.78, 5) is 31.2. The number of ether oxygens (including phenoxy) is 1. The Labute approximate surface area is 206 Å². The second kappa shape index (κ2) is 10.7. The maximum Gasteiger partial charge on any atom is 0.268 e.